The van der Waals surface area contributed by atoms with E-state index in [1.807, 2.05) is 18.8 Å². The molecule has 0 amide bonds. The predicted octanol–water partition coefficient (Wildman–Crippen LogP) is 2.85. The van der Waals surface area contributed by atoms with Crippen molar-refractivity contribution >= 4 is 17.7 Å². The summed E-state index contributed by atoms with van der Waals surface area (Å²) in [5, 5.41) is 7.07. The lowest BCUT2D eigenvalue weighted by Crippen LogP contribution is -2.46. The van der Waals surface area contributed by atoms with Gasteiger partial charge < -0.3 is 10.6 Å². The Morgan fingerprint density at radius 3 is 2.90 bits per heavy atom. The van der Waals surface area contributed by atoms with Crippen LogP contribution in [0.1, 0.15) is 30.7 Å². The zero-order valence-electron chi connectivity index (χ0n) is 12.7. The molecular weight excluding hydrogens is 278 g/mol. The summed E-state index contributed by atoms with van der Waals surface area (Å²) >= 11 is 2.04. The maximum atomic E-state index is 4.36. The van der Waals surface area contributed by atoms with Crippen LogP contribution in [0.25, 0.3) is 0 Å². The average molecular weight is 303 g/mol. The highest BCUT2D eigenvalue weighted by Crippen LogP contribution is 2.46. The SMILES string of the molecule is CN=C(NCC1CC1c1ccccc1)NC1CCCSC1. The predicted molar refractivity (Wildman–Crippen MR) is 92.1 cm³/mol. The van der Waals surface area contributed by atoms with E-state index in [1.165, 1.54) is 36.3 Å². The van der Waals surface area contributed by atoms with Gasteiger partial charge in [-0.2, -0.15) is 11.8 Å². The molecule has 2 fully saturated rings. The third kappa shape index (κ3) is 4.16. The van der Waals surface area contributed by atoms with E-state index >= 15 is 0 Å². The first-order valence-electron chi connectivity index (χ1n) is 7.96. The number of thioether (sulfide) groups is 1. The van der Waals surface area contributed by atoms with Crippen LogP contribution in [0, 0.1) is 5.92 Å². The third-order valence-corrected chi connectivity index (χ3v) is 5.62. The summed E-state index contributed by atoms with van der Waals surface area (Å²) in [5.41, 5.74) is 1.48. The fourth-order valence-corrected chi connectivity index (χ4v) is 4.12. The molecule has 3 atom stereocenters. The van der Waals surface area contributed by atoms with Gasteiger partial charge in [0.25, 0.3) is 0 Å². The lowest BCUT2D eigenvalue weighted by molar-refractivity contribution is 0.578. The highest BCUT2D eigenvalue weighted by molar-refractivity contribution is 7.99. The van der Waals surface area contributed by atoms with Gasteiger partial charge in [0.2, 0.25) is 0 Å². The van der Waals surface area contributed by atoms with Crippen LogP contribution in [0.15, 0.2) is 35.3 Å². The lowest BCUT2D eigenvalue weighted by atomic mass is 10.1. The molecule has 0 spiro atoms. The van der Waals surface area contributed by atoms with Crippen LogP contribution < -0.4 is 10.6 Å². The molecule has 21 heavy (non-hydrogen) atoms. The minimum atomic E-state index is 0.582. The monoisotopic (exact) mass is 303 g/mol. The van der Waals surface area contributed by atoms with E-state index in [4.69, 9.17) is 0 Å². The number of rotatable bonds is 4. The molecule has 0 aromatic heterocycles. The molecule has 3 nitrogen and oxygen atoms in total. The number of nitrogens with zero attached hydrogens (tertiary/aromatic N) is 1. The van der Waals surface area contributed by atoms with Gasteiger partial charge in [-0.3, -0.25) is 4.99 Å². The van der Waals surface area contributed by atoms with Crippen LogP contribution >= 0.6 is 11.8 Å². The third-order valence-electron chi connectivity index (χ3n) is 4.41. The van der Waals surface area contributed by atoms with Gasteiger partial charge in [-0.1, -0.05) is 30.3 Å². The minimum absolute atomic E-state index is 0.582. The van der Waals surface area contributed by atoms with E-state index in [2.05, 4.69) is 46.0 Å². The molecule has 4 heteroatoms. The van der Waals surface area contributed by atoms with Crippen LogP contribution in [-0.4, -0.2) is 37.1 Å². The van der Waals surface area contributed by atoms with Crippen LogP contribution in [0.3, 0.4) is 0 Å². The number of aliphatic imine (C=N–C) groups is 1. The van der Waals surface area contributed by atoms with E-state index in [9.17, 15) is 0 Å². The zero-order valence-corrected chi connectivity index (χ0v) is 13.5. The molecule has 1 aromatic carbocycles. The lowest BCUT2D eigenvalue weighted by Gasteiger charge is -2.24. The summed E-state index contributed by atoms with van der Waals surface area (Å²) in [4.78, 5) is 4.36. The van der Waals surface area contributed by atoms with Gasteiger partial charge >= 0.3 is 0 Å². The molecular formula is C17H25N3S. The molecule has 2 aliphatic rings. The van der Waals surface area contributed by atoms with Crippen molar-refractivity contribution in [1.82, 2.24) is 10.6 Å². The Labute approximate surface area is 132 Å². The summed E-state index contributed by atoms with van der Waals surface area (Å²) in [5.74, 6) is 4.98. The Kier molecular flexibility index (Phi) is 5.07. The van der Waals surface area contributed by atoms with Gasteiger partial charge in [0.15, 0.2) is 5.96 Å². The zero-order chi connectivity index (χ0) is 14.5. The van der Waals surface area contributed by atoms with E-state index in [0.29, 0.717) is 6.04 Å². The van der Waals surface area contributed by atoms with Gasteiger partial charge in [0, 0.05) is 25.4 Å². The number of nitrogens with one attached hydrogen (secondary N) is 2. The van der Waals surface area contributed by atoms with Crippen molar-refractivity contribution in [1.29, 1.82) is 0 Å². The first-order valence-corrected chi connectivity index (χ1v) is 9.12. The summed E-state index contributed by atoms with van der Waals surface area (Å²) in [6.07, 6.45) is 3.88. The largest absolute Gasteiger partial charge is 0.356 e. The van der Waals surface area contributed by atoms with Crippen LogP contribution in [-0.2, 0) is 0 Å². The molecule has 1 saturated heterocycles. The van der Waals surface area contributed by atoms with Crippen molar-refractivity contribution in [2.24, 2.45) is 10.9 Å². The highest BCUT2D eigenvalue weighted by atomic mass is 32.2. The van der Waals surface area contributed by atoms with Crippen molar-refractivity contribution < 1.29 is 0 Å². The quantitative estimate of drug-likeness (QED) is 0.663. The fourth-order valence-electron chi connectivity index (χ4n) is 3.05. The Bertz CT molecular complexity index is 468. The van der Waals surface area contributed by atoms with Crippen LogP contribution in [0.4, 0.5) is 0 Å². The fraction of sp³-hybridized carbons (Fsp3) is 0.588. The molecule has 0 radical (unpaired) electrons. The Morgan fingerprint density at radius 2 is 2.19 bits per heavy atom. The topological polar surface area (TPSA) is 36.4 Å². The molecule has 1 aliphatic carbocycles. The summed E-state index contributed by atoms with van der Waals surface area (Å²) < 4.78 is 0. The second-order valence-electron chi connectivity index (χ2n) is 6.02. The molecule has 3 rings (SSSR count). The van der Waals surface area contributed by atoms with Crippen molar-refractivity contribution in [2.75, 3.05) is 25.1 Å². The molecule has 2 N–H and O–H groups in total. The molecule has 0 bridgehead atoms. The van der Waals surface area contributed by atoms with Crippen molar-refractivity contribution in [2.45, 2.75) is 31.2 Å². The van der Waals surface area contributed by atoms with Gasteiger partial charge in [-0.25, -0.2) is 0 Å². The second kappa shape index (κ2) is 7.21. The maximum absolute atomic E-state index is 4.36. The van der Waals surface area contributed by atoms with Gasteiger partial charge in [0.1, 0.15) is 0 Å². The number of guanidine groups is 1. The Morgan fingerprint density at radius 1 is 1.33 bits per heavy atom. The van der Waals surface area contributed by atoms with Crippen LogP contribution in [0.2, 0.25) is 0 Å². The van der Waals surface area contributed by atoms with Gasteiger partial charge in [-0.05, 0) is 42.4 Å². The summed E-state index contributed by atoms with van der Waals surface area (Å²) in [6, 6.07) is 11.4. The molecule has 3 unspecified atom stereocenters. The molecule has 1 aliphatic heterocycles. The average Bonchev–Trinajstić information content (AvgIpc) is 3.33. The van der Waals surface area contributed by atoms with E-state index < -0.39 is 0 Å². The van der Waals surface area contributed by atoms with Gasteiger partial charge in [-0.15, -0.1) is 0 Å². The first-order chi connectivity index (χ1) is 10.4. The summed E-state index contributed by atoms with van der Waals surface area (Å²) in [7, 11) is 1.87. The molecule has 1 heterocycles. The van der Waals surface area contributed by atoms with Crippen molar-refractivity contribution in [3.63, 3.8) is 0 Å². The molecule has 1 saturated carbocycles. The van der Waals surface area contributed by atoms with E-state index in [1.54, 1.807) is 0 Å². The van der Waals surface area contributed by atoms with Crippen molar-refractivity contribution in [3.05, 3.63) is 35.9 Å². The Hall–Kier alpha value is -1.16. The highest BCUT2D eigenvalue weighted by Gasteiger charge is 2.37. The molecule has 114 valence electrons. The first kappa shape index (κ1) is 14.8. The second-order valence-corrected chi connectivity index (χ2v) is 7.17. The van der Waals surface area contributed by atoms with Crippen molar-refractivity contribution in [3.8, 4) is 0 Å². The number of hydrogen-bond acceptors (Lipinski definition) is 2. The minimum Gasteiger partial charge on any atom is -0.356 e. The van der Waals surface area contributed by atoms with E-state index in [-0.39, 0.29) is 0 Å². The smallest absolute Gasteiger partial charge is 0.191 e. The standard InChI is InChI=1S/C17H25N3S/c1-18-17(20-15-8-5-9-21-12-15)19-11-14-10-16(14)13-6-3-2-4-7-13/h2-4,6-7,14-16H,5,8-12H2,1H3,(H2,18,19,20). The normalized spacial score (nSPS) is 29.0. The van der Waals surface area contributed by atoms with Crippen LogP contribution in [0.5, 0.6) is 0 Å². The Balaban J connectivity index is 1.42. The molecule has 1 aromatic rings. The number of benzene rings is 1. The van der Waals surface area contributed by atoms with E-state index in [0.717, 1.165) is 24.3 Å². The number of hydrogen-bond donors (Lipinski definition) is 2. The summed E-state index contributed by atoms with van der Waals surface area (Å²) in [6.45, 7) is 1.03. The maximum Gasteiger partial charge on any atom is 0.191 e. The van der Waals surface area contributed by atoms with Gasteiger partial charge in [0.05, 0.1) is 0 Å².